The van der Waals surface area contributed by atoms with Gasteiger partial charge in [0.15, 0.2) is 21.2 Å². The van der Waals surface area contributed by atoms with E-state index in [4.69, 9.17) is 9.15 Å². The van der Waals surface area contributed by atoms with Crippen molar-refractivity contribution < 1.29 is 17.6 Å². The summed E-state index contributed by atoms with van der Waals surface area (Å²) in [6.07, 6.45) is 1.61. The number of fused-ring (bicyclic) bond motifs is 1. The van der Waals surface area contributed by atoms with Crippen molar-refractivity contribution in [1.82, 2.24) is 9.97 Å². The zero-order valence-corrected chi connectivity index (χ0v) is 20.8. The molecule has 2 aromatic heterocycles. The number of anilines is 4. The molecule has 0 saturated carbocycles. The Kier molecular flexibility index (Phi) is 6.01. The number of para-hydroxylation sites is 1. The Morgan fingerprint density at radius 3 is 2.51 bits per heavy atom. The van der Waals surface area contributed by atoms with E-state index in [9.17, 15) is 13.2 Å². The summed E-state index contributed by atoms with van der Waals surface area (Å²) in [5.74, 6) is 1.59. The first kappa shape index (κ1) is 23.4. The van der Waals surface area contributed by atoms with Gasteiger partial charge in [-0.1, -0.05) is 24.3 Å². The van der Waals surface area contributed by atoms with Crippen LogP contribution < -0.4 is 20.5 Å². The van der Waals surface area contributed by atoms with E-state index in [1.807, 2.05) is 41.3 Å². The molecule has 2 saturated heterocycles. The van der Waals surface area contributed by atoms with Gasteiger partial charge in [0.05, 0.1) is 24.4 Å². The average Bonchev–Trinajstić information content (AvgIpc) is 3.29. The summed E-state index contributed by atoms with van der Waals surface area (Å²) in [6.45, 7) is 2.97. The highest BCUT2D eigenvalue weighted by atomic mass is 32.2. The number of nitrogens with one attached hydrogen (secondary N) is 1. The Morgan fingerprint density at radius 2 is 1.76 bits per heavy atom. The van der Waals surface area contributed by atoms with Crippen LogP contribution in [-0.2, 0) is 14.6 Å². The van der Waals surface area contributed by atoms with E-state index >= 15 is 0 Å². The van der Waals surface area contributed by atoms with Crippen LogP contribution in [0.5, 0.6) is 0 Å². The van der Waals surface area contributed by atoms with E-state index in [0.717, 1.165) is 16.8 Å². The first-order valence-corrected chi connectivity index (χ1v) is 13.8. The highest BCUT2D eigenvalue weighted by Gasteiger charge is 2.26. The van der Waals surface area contributed by atoms with Crippen molar-refractivity contribution >= 4 is 44.1 Å². The molecule has 0 unspecified atom stereocenters. The van der Waals surface area contributed by atoms with Crippen molar-refractivity contribution in [2.24, 2.45) is 0 Å². The molecule has 0 aliphatic carbocycles. The molecule has 2 aliphatic heterocycles. The number of ether oxygens (including phenoxy) is 1. The molecule has 0 amide bonds. The number of hydrogen-bond donors (Lipinski definition) is 1. The van der Waals surface area contributed by atoms with Crippen LogP contribution in [0.1, 0.15) is 0 Å². The summed E-state index contributed by atoms with van der Waals surface area (Å²) in [5.41, 5.74) is 2.96. The SMILES string of the molecule is O=c1cc(N2CCOCC2)oc2c(-c3ccc(Nc4nccc(N5CCS(=O)(=O)C5)n4)cc3)cccc12. The highest BCUT2D eigenvalue weighted by molar-refractivity contribution is 7.91. The predicted molar refractivity (Wildman–Crippen MR) is 142 cm³/mol. The van der Waals surface area contributed by atoms with Crippen LogP contribution in [0.25, 0.3) is 22.1 Å². The molecule has 4 heterocycles. The van der Waals surface area contributed by atoms with Gasteiger partial charge in [-0.2, -0.15) is 4.98 Å². The first-order chi connectivity index (χ1) is 17.9. The lowest BCUT2D eigenvalue weighted by Crippen LogP contribution is -2.36. The number of morpholine rings is 1. The van der Waals surface area contributed by atoms with Crippen LogP contribution in [0.4, 0.5) is 23.3 Å². The van der Waals surface area contributed by atoms with Gasteiger partial charge in [-0.15, -0.1) is 0 Å². The quantitative estimate of drug-likeness (QED) is 0.422. The van der Waals surface area contributed by atoms with Crippen LogP contribution in [-0.4, -0.2) is 62.9 Å². The Hall–Kier alpha value is -3.96. The third kappa shape index (κ3) is 4.87. The maximum absolute atomic E-state index is 12.9. The molecule has 37 heavy (non-hydrogen) atoms. The Bertz CT molecular complexity index is 1610. The normalized spacial score (nSPS) is 17.3. The minimum atomic E-state index is -3.06. The van der Waals surface area contributed by atoms with Gasteiger partial charge in [-0.05, 0) is 29.8 Å². The second-order valence-corrected chi connectivity index (χ2v) is 11.2. The molecule has 6 rings (SSSR count). The fourth-order valence-corrected chi connectivity index (χ4v) is 5.94. The average molecular weight is 520 g/mol. The molecule has 0 radical (unpaired) electrons. The van der Waals surface area contributed by atoms with Gasteiger partial charge in [-0.3, -0.25) is 4.79 Å². The summed E-state index contributed by atoms with van der Waals surface area (Å²) in [7, 11) is -3.06. The smallest absolute Gasteiger partial charge is 0.229 e. The summed E-state index contributed by atoms with van der Waals surface area (Å²) in [4.78, 5) is 25.4. The number of hydrogen-bond acceptors (Lipinski definition) is 10. The fourth-order valence-electron chi connectivity index (χ4n) is 4.58. The van der Waals surface area contributed by atoms with Crippen LogP contribution in [0.2, 0.25) is 0 Å². The second kappa shape index (κ2) is 9.49. The first-order valence-electron chi connectivity index (χ1n) is 12.0. The van der Waals surface area contributed by atoms with Crippen LogP contribution in [0.3, 0.4) is 0 Å². The van der Waals surface area contributed by atoms with E-state index in [1.165, 1.54) is 0 Å². The molecule has 2 fully saturated rings. The topological polar surface area (TPSA) is 118 Å². The predicted octanol–water partition coefficient (Wildman–Crippen LogP) is 3.02. The molecule has 0 atom stereocenters. The van der Waals surface area contributed by atoms with Gasteiger partial charge in [0.1, 0.15) is 17.3 Å². The van der Waals surface area contributed by atoms with Crippen LogP contribution >= 0.6 is 0 Å². The van der Waals surface area contributed by atoms with Crippen molar-refractivity contribution in [3.05, 3.63) is 71.0 Å². The minimum absolute atomic E-state index is 0.0352. The van der Waals surface area contributed by atoms with Crippen LogP contribution in [0, 0.1) is 0 Å². The van der Waals surface area contributed by atoms with Crippen molar-refractivity contribution in [2.45, 2.75) is 0 Å². The number of aromatic nitrogens is 2. The van der Waals surface area contributed by atoms with Crippen molar-refractivity contribution in [2.75, 3.05) is 59.6 Å². The lowest BCUT2D eigenvalue weighted by Gasteiger charge is -2.27. The van der Waals surface area contributed by atoms with Gasteiger partial charge in [-0.25, -0.2) is 13.4 Å². The van der Waals surface area contributed by atoms with Gasteiger partial charge >= 0.3 is 0 Å². The molecule has 10 nitrogen and oxygen atoms in total. The van der Waals surface area contributed by atoms with E-state index in [2.05, 4.69) is 15.3 Å². The van der Waals surface area contributed by atoms with Crippen molar-refractivity contribution in [1.29, 1.82) is 0 Å². The summed E-state index contributed by atoms with van der Waals surface area (Å²) in [5, 5.41) is 3.71. The third-order valence-corrected chi connectivity index (χ3v) is 8.02. The van der Waals surface area contributed by atoms with Crippen molar-refractivity contribution in [3.63, 3.8) is 0 Å². The zero-order valence-electron chi connectivity index (χ0n) is 20.0. The maximum Gasteiger partial charge on any atom is 0.229 e. The van der Waals surface area contributed by atoms with E-state index in [1.54, 1.807) is 29.3 Å². The summed E-state index contributed by atoms with van der Waals surface area (Å²) >= 11 is 0. The minimum Gasteiger partial charge on any atom is -0.440 e. The molecule has 190 valence electrons. The number of nitrogens with zero attached hydrogens (tertiary/aromatic N) is 4. The lowest BCUT2D eigenvalue weighted by molar-refractivity contribution is 0.121. The molecule has 2 aromatic carbocycles. The third-order valence-electron chi connectivity index (χ3n) is 6.51. The number of sulfone groups is 1. The van der Waals surface area contributed by atoms with E-state index in [-0.39, 0.29) is 17.1 Å². The second-order valence-electron chi connectivity index (χ2n) is 9.01. The van der Waals surface area contributed by atoms with E-state index in [0.29, 0.717) is 61.5 Å². The van der Waals surface area contributed by atoms with Gasteiger partial charge in [0.25, 0.3) is 0 Å². The molecule has 4 aromatic rings. The fraction of sp³-hybridized carbons (Fsp3) is 0.269. The van der Waals surface area contributed by atoms with Gasteiger partial charge in [0, 0.05) is 43.1 Å². The summed E-state index contributed by atoms with van der Waals surface area (Å²) in [6, 6.07) is 16.5. The number of rotatable bonds is 5. The molecular formula is C26H25N5O5S. The Labute approximate surface area is 213 Å². The zero-order chi connectivity index (χ0) is 25.4. The maximum atomic E-state index is 12.9. The van der Waals surface area contributed by atoms with Gasteiger partial charge in [0.2, 0.25) is 5.95 Å². The molecule has 0 spiro atoms. The lowest BCUT2D eigenvalue weighted by atomic mass is 10.0. The Morgan fingerprint density at radius 1 is 0.946 bits per heavy atom. The molecule has 0 bridgehead atoms. The molecule has 2 aliphatic rings. The molecular weight excluding hydrogens is 494 g/mol. The largest absolute Gasteiger partial charge is 0.440 e. The number of benzene rings is 2. The summed E-state index contributed by atoms with van der Waals surface area (Å²) < 4.78 is 35.3. The molecule has 11 heteroatoms. The monoisotopic (exact) mass is 519 g/mol. The standard InChI is InChI=1S/C26H25N5O5S/c32-22-16-24(30-10-13-35-14-11-30)36-25-20(2-1-3-21(22)25)18-4-6-19(7-5-18)28-26-27-9-8-23(29-26)31-12-15-37(33,34)17-31/h1-9,16H,10-15,17H2,(H,27,28,29). The van der Waals surface area contributed by atoms with Gasteiger partial charge < -0.3 is 24.3 Å². The van der Waals surface area contributed by atoms with Crippen molar-refractivity contribution in [3.8, 4) is 11.1 Å². The highest BCUT2D eigenvalue weighted by Crippen LogP contribution is 2.31. The molecule has 1 N–H and O–H groups in total. The van der Waals surface area contributed by atoms with Crippen LogP contribution in [0.15, 0.2) is 70.0 Å². The van der Waals surface area contributed by atoms with E-state index < -0.39 is 9.84 Å². The Balaban J connectivity index is 1.26.